The number of phenolic OH excluding ortho intramolecular Hbond substituents is 1. The molecule has 0 radical (unpaired) electrons. The maximum Gasteiger partial charge on any atom is 0.170 e. The van der Waals surface area contributed by atoms with Crippen molar-refractivity contribution >= 4 is 5.78 Å². The summed E-state index contributed by atoms with van der Waals surface area (Å²) in [5, 5.41) is 9.30. The largest absolute Gasteiger partial charge is 0.508 e. The molecule has 1 saturated carbocycles. The number of hydrogen-bond acceptors (Lipinski definition) is 3. The Morgan fingerprint density at radius 2 is 2.13 bits per heavy atom. The highest BCUT2D eigenvalue weighted by Crippen LogP contribution is 2.45. The van der Waals surface area contributed by atoms with Gasteiger partial charge in [-0.25, -0.2) is 0 Å². The Morgan fingerprint density at radius 1 is 1.33 bits per heavy atom. The first-order valence-electron chi connectivity index (χ1n) is 5.24. The molecule has 3 nitrogen and oxygen atoms in total. The van der Waals surface area contributed by atoms with Crippen LogP contribution in [0.15, 0.2) is 18.2 Å². The van der Waals surface area contributed by atoms with Crippen molar-refractivity contribution in [1.29, 1.82) is 0 Å². The second kappa shape index (κ2) is 2.75. The van der Waals surface area contributed by atoms with Crippen LogP contribution in [0.1, 0.15) is 36.0 Å². The third-order valence-corrected chi connectivity index (χ3v) is 3.34. The van der Waals surface area contributed by atoms with Crippen LogP contribution in [0.4, 0.5) is 0 Å². The summed E-state index contributed by atoms with van der Waals surface area (Å²) in [7, 11) is 0. The summed E-state index contributed by atoms with van der Waals surface area (Å²) in [6.07, 6.45) is 3.54. The molecule has 0 unspecified atom stereocenters. The van der Waals surface area contributed by atoms with E-state index in [9.17, 15) is 9.90 Å². The molecule has 3 rings (SSSR count). The fourth-order valence-corrected chi connectivity index (χ4v) is 2.33. The first kappa shape index (κ1) is 8.77. The molecule has 1 aliphatic carbocycles. The van der Waals surface area contributed by atoms with Crippen molar-refractivity contribution in [3.63, 3.8) is 0 Å². The summed E-state index contributed by atoms with van der Waals surface area (Å²) in [5.74, 6) is 0.839. The number of carbonyl (C=O) groups is 1. The van der Waals surface area contributed by atoms with Gasteiger partial charge in [-0.15, -0.1) is 0 Å². The maximum atomic E-state index is 11.9. The lowest BCUT2D eigenvalue weighted by Gasteiger charge is -2.44. The Kier molecular flexibility index (Phi) is 1.61. The molecule has 1 N–H and O–H groups in total. The number of aromatic hydroxyl groups is 1. The molecule has 0 bridgehead atoms. The van der Waals surface area contributed by atoms with Crippen molar-refractivity contribution in [3.05, 3.63) is 23.8 Å². The molecule has 1 aromatic carbocycles. The minimum Gasteiger partial charge on any atom is -0.508 e. The summed E-state index contributed by atoms with van der Waals surface area (Å²) in [5.41, 5.74) is 0.300. The summed E-state index contributed by atoms with van der Waals surface area (Å²) in [6.45, 7) is 0. The van der Waals surface area contributed by atoms with E-state index in [4.69, 9.17) is 4.74 Å². The van der Waals surface area contributed by atoms with Crippen molar-refractivity contribution in [2.45, 2.75) is 31.3 Å². The quantitative estimate of drug-likeness (QED) is 0.705. The molecule has 0 saturated heterocycles. The van der Waals surface area contributed by atoms with Gasteiger partial charge in [0.15, 0.2) is 5.78 Å². The van der Waals surface area contributed by atoms with Crippen molar-refractivity contribution in [2.75, 3.05) is 0 Å². The lowest BCUT2D eigenvalue weighted by molar-refractivity contribution is -0.0177. The van der Waals surface area contributed by atoms with Gasteiger partial charge in [0, 0.05) is 0 Å². The van der Waals surface area contributed by atoms with Crippen LogP contribution in [-0.2, 0) is 0 Å². The Labute approximate surface area is 87.7 Å². The second-order valence-electron chi connectivity index (χ2n) is 4.42. The number of Topliss-reactive ketones (excluding diaryl/α,β-unsaturated/α-hetero) is 1. The van der Waals surface area contributed by atoms with Crippen LogP contribution in [0.25, 0.3) is 0 Å². The first-order valence-corrected chi connectivity index (χ1v) is 5.24. The van der Waals surface area contributed by atoms with Crippen LogP contribution in [0.5, 0.6) is 11.5 Å². The number of ether oxygens (including phenoxy) is 1. The Balaban J connectivity index is 2.04. The molecular formula is C12H12O3. The summed E-state index contributed by atoms with van der Waals surface area (Å²) < 4.78 is 5.85. The molecule has 1 aliphatic heterocycles. The van der Waals surface area contributed by atoms with Gasteiger partial charge >= 0.3 is 0 Å². The van der Waals surface area contributed by atoms with Crippen LogP contribution < -0.4 is 4.74 Å². The van der Waals surface area contributed by atoms with Crippen LogP contribution >= 0.6 is 0 Å². The number of ketones is 1. The van der Waals surface area contributed by atoms with Crippen LogP contribution in [0.3, 0.4) is 0 Å². The van der Waals surface area contributed by atoms with E-state index in [0.717, 1.165) is 19.3 Å². The molecule has 1 aromatic rings. The monoisotopic (exact) mass is 204 g/mol. The van der Waals surface area contributed by atoms with Crippen molar-refractivity contribution < 1.29 is 14.6 Å². The number of carbonyl (C=O) groups excluding carboxylic acids is 1. The number of hydrogen-bond donors (Lipinski definition) is 1. The molecule has 1 heterocycles. The van der Waals surface area contributed by atoms with Crippen LogP contribution in [0.2, 0.25) is 0 Å². The van der Waals surface area contributed by atoms with E-state index in [1.165, 1.54) is 6.07 Å². The minimum absolute atomic E-state index is 0.0897. The van der Waals surface area contributed by atoms with Crippen molar-refractivity contribution in [2.24, 2.45) is 0 Å². The number of fused-ring (bicyclic) bond motifs is 1. The molecule has 15 heavy (non-hydrogen) atoms. The molecule has 0 atom stereocenters. The smallest absolute Gasteiger partial charge is 0.170 e. The van der Waals surface area contributed by atoms with Gasteiger partial charge < -0.3 is 9.84 Å². The van der Waals surface area contributed by atoms with E-state index in [2.05, 4.69) is 0 Å². The SMILES string of the molecule is O=C1CC2(CCC2)Oc2ccc(O)cc21. The Morgan fingerprint density at radius 3 is 2.80 bits per heavy atom. The zero-order valence-electron chi connectivity index (χ0n) is 8.32. The highest BCUT2D eigenvalue weighted by atomic mass is 16.5. The Hall–Kier alpha value is -1.51. The first-order chi connectivity index (χ1) is 7.19. The van der Waals surface area contributed by atoms with Gasteiger partial charge in [-0.05, 0) is 37.5 Å². The number of benzene rings is 1. The van der Waals surface area contributed by atoms with Crippen molar-refractivity contribution in [3.8, 4) is 11.5 Å². The van der Waals surface area contributed by atoms with E-state index < -0.39 is 0 Å². The molecular weight excluding hydrogens is 192 g/mol. The van der Waals surface area contributed by atoms with E-state index in [0.29, 0.717) is 17.7 Å². The minimum atomic E-state index is -0.221. The fourth-order valence-electron chi connectivity index (χ4n) is 2.33. The van der Waals surface area contributed by atoms with Crippen LogP contribution in [-0.4, -0.2) is 16.5 Å². The standard InChI is InChI=1S/C12H12O3/c13-8-2-3-11-9(6-8)10(14)7-12(15-11)4-1-5-12/h2-3,6,13H,1,4-5,7H2. The van der Waals surface area contributed by atoms with E-state index >= 15 is 0 Å². The number of rotatable bonds is 0. The molecule has 3 heteroatoms. The lowest BCUT2D eigenvalue weighted by Crippen LogP contribution is -2.47. The molecule has 1 fully saturated rings. The van der Waals surface area contributed by atoms with Gasteiger partial charge in [-0.1, -0.05) is 0 Å². The van der Waals surface area contributed by atoms with E-state index in [1.54, 1.807) is 12.1 Å². The zero-order chi connectivity index (χ0) is 10.5. The molecule has 1 spiro atoms. The summed E-state index contributed by atoms with van der Waals surface area (Å²) in [4.78, 5) is 11.9. The predicted molar refractivity (Wildman–Crippen MR) is 54.3 cm³/mol. The predicted octanol–water partition coefficient (Wildman–Crippen LogP) is 2.28. The highest BCUT2D eigenvalue weighted by molar-refractivity contribution is 6.00. The third kappa shape index (κ3) is 1.23. The van der Waals surface area contributed by atoms with Gasteiger partial charge in [-0.3, -0.25) is 4.79 Å². The highest BCUT2D eigenvalue weighted by Gasteiger charge is 2.45. The number of phenols is 1. The molecule has 78 valence electrons. The van der Waals surface area contributed by atoms with Gasteiger partial charge in [0.1, 0.15) is 17.1 Å². The van der Waals surface area contributed by atoms with Gasteiger partial charge in [-0.2, -0.15) is 0 Å². The normalized spacial score (nSPS) is 21.7. The topological polar surface area (TPSA) is 46.5 Å². The molecule has 0 amide bonds. The van der Waals surface area contributed by atoms with Gasteiger partial charge in [0.2, 0.25) is 0 Å². The maximum absolute atomic E-state index is 11.9. The van der Waals surface area contributed by atoms with Gasteiger partial charge in [0.05, 0.1) is 12.0 Å². The Bertz CT molecular complexity index is 432. The van der Waals surface area contributed by atoms with Crippen molar-refractivity contribution in [1.82, 2.24) is 0 Å². The summed E-state index contributed by atoms with van der Waals surface area (Å²) >= 11 is 0. The van der Waals surface area contributed by atoms with Crippen LogP contribution in [0, 0.1) is 0 Å². The van der Waals surface area contributed by atoms with E-state index in [-0.39, 0.29) is 17.1 Å². The average Bonchev–Trinajstić information content (AvgIpc) is 2.16. The average molecular weight is 204 g/mol. The second-order valence-corrected chi connectivity index (χ2v) is 4.42. The molecule has 0 aromatic heterocycles. The van der Waals surface area contributed by atoms with E-state index in [1.807, 2.05) is 0 Å². The summed E-state index contributed by atoms with van der Waals surface area (Å²) in [6, 6.07) is 4.73. The molecule has 2 aliphatic rings. The fraction of sp³-hybridized carbons (Fsp3) is 0.417. The lowest BCUT2D eigenvalue weighted by atomic mass is 9.74. The van der Waals surface area contributed by atoms with Gasteiger partial charge in [0.25, 0.3) is 0 Å². The third-order valence-electron chi connectivity index (χ3n) is 3.34. The zero-order valence-corrected chi connectivity index (χ0v) is 8.32.